The zero-order valence-corrected chi connectivity index (χ0v) is 14.5. The fourth-order valence-corrected chi connectivity index (χ4v) is 3.45. The van der Waals surface area contributed by atoms with E-state index in [4.69, 9.17) is 0 Å². The molecule has 1 saturated heterocycles. The highest BCUT2D eigenvalue weighted by Gasteiger charge is 2.30. The quantitative estimate of drug-likeness (QED) is 0.728. The van der Waals surface area contributed by atoms with Crippen LogP contribution in [0.25, 0.3) is 5.69 Å². The van der Waals surface area contributed by atoms with Gasteiger partial charge in [0.15, 0.2) is 5.69 Å². The zero-order chi connectivity index (χ0) is 18.1. The third-order valence-electron chi connectivity index (χ3n) is 4.91. The van der Waals surface area contributed by atoms with Crippen LogP contribution in [0.5, 0.6) is 0 Å². The number of benzene rings is 2. The largest absolute Gasteiger partial charge is 0.337 e. The number of aromatic nitrogens is 3. The van der Waals surface area contributed by atoms with Crippen LogP contribution in [0.2, 0.25) is 0 Å². The van der Waals surface area contributed by atoms with Crippen molar-refractivity contribution in [3.63, 3.8) is 0 Å². The number of carbonyl (C=O) groups excluding carboxylic acids is 1. The Bertz CT molecular complexity index is 921. The van der Waals surface area contributed by atoms with Crippen molar-refractivity contribution in [3.8, 4) is 5.69 Å². The molecule has 6 heteroatoms. The molecule has 1 aliphatic heterocycles. The molecule has 132 valence electrons. The Morgan fingerprint density at radius 2 is 1.85 bits per heavy atom. The van der Waals surface area contributed by atoms with Crippen molar-refractivity contribution in [2.45, 2.75) is 19.3 Å². The summed E-state index contributed by atoms with van der Waals surface area (Å²) in [6.07, 6.45) is 0.945. The minimum absolute atomic E-state index is 0.103. The van der Waals surface area contributed by atoms with Crippen molar-refractivity contribution in [2.24, 2.45) is 0 Å². The molecule has 1 amide bonds. The van der Waals surface area contributed by atoms with Crippen molar-refractivity contribution in [3.05, 3.63) is 77.4 Å². The first kappa shape index (κ1) is 16.4. The monoisotopic (exact) mass is 350 g/mol. The highest BCUT2D eigenvalue weighted by atomic mass is 19.1. The highest BCUT2D eigenvalue weighted by molar-refractivity contribution is 5.93. The van der Waals surface area contributed by atoms with Gasteiger partial charge < -0.3 is 4.90 Å². The average molecular weight is 350 g/mol. The standard InChI is InChI=1S/C20H19FN4O/c1-14-19(22-23-25(14)18-9-7-17(21)8-10-18)20(26)24-12-11-16(13-24)15-5-3-2-4-6-15/h2-10,16H,11-13H2,1H3/t16-/m0/s1. The van der Waals surface area contributed by atoms with E-state index in [1.54, 1.807) is 23.7 Å². The van der Waals surface area contributed by atoms with Gasteiger partial charge in [0.1, 0.15) is 5.82 Å². The second kappa shape index (κ2) is 6.71. The molecule has 2 heterocycles. The van der Waals surface area contributed by atoms with Crippen LogP contribution >= 0.6 is 0 Å². The third kappa shape index (κ3) is 2.98. The van der Waals surface area contributed by atoms with E-state index in [2.05, 4.69) is 22.4 Å². The maximum Gasteiger partial charge on any atom is 0.276 e. The Labute approximate surface area is 151 Å². The van der Waals surface area contributed by atoms with E-state index < -0.39 is 0 Å². The molecule has 1 aromatic heterocycles. The van der Waals surface area contributed by atoms with E-state index in [1.807, 2.05) is 23.1 Å². The predicted octanol–water partition coefficient (Wildman–Crippen LogP) is 3.34. The molecular weight excluding hydrogens is 331 g/mol. The summed E-state index contributed by atoms with van der Waals surface area (Å²) in [7, 11) is 0. The van der Waals surface area contributed by atoms with Gasteiger partial charge in [0.2, 0.25) is 0 Å². The first-order valence-corrected chi connectivity index (χ1v) is 8.66. The number of rotatable bonds is 3. The van der Waals surface area contributed by atoms with Crippen molar-refractivity contribution in [1.82, 2.24) is 19.9 Å². The molecule has 1 fully saturated rings. The van der Waals surface area contributed by atoms with Gasteiger partial charge in [-0.15, -0.1) is 5.10 Å². The zero-order valence-electron chi connectivity index (χ0n) is 14.5. The number of carbonyl (C=O) groups is 1. The second-order valence-electron chi connectivity index (χ2n) is 6.56. The van der Waals surface area contributed by atoms with Gasteiger partial charge in [-0.1, -0.05) is 35.5 Å². The number of nitrogens with zero attached hydrogens (tertiary/aromatic N) is 4. The van der Waals surface area contributed by atoms with Crippen LogP contribution < -0.4 is 0 Å². The Hall–Kier alpha value is -3.02. The van der Waals surface area contributed by atoms with E-state index in [0.29, 0.717) is 36.1 Å². The molecule has 0 N–H and O–H groups in total. The van der Waals surface area contributed by atoms with Crippen LogP contribution in [-0.2, 0) is 0 Å². The minimum atomic E-state index is -0.313. The lowest BCUT2D eigenvalue weighted by Crippen LogP contribution is -2.29. The Kier molecular flexibility index (Phi) is 4.24. The summed E-state index contributed by atoms with van der Waals surface area (Å²) >= 11 is 0. The lowest BCUT2D eigenvalue weighted by atomic mass is 9.99. The summed E-state index contributed by atoms with van der Waals surface area (Å²) in [5.41, 5.74) is 2.95. The van der Waals surface area contributed by atoms with Crippen LogP contribution in [0.1, 0.15) is 34.1 Å². The van der Waals surface area contributed by atoms with Crippen molar-refractivity contribution < 1.29 is 9.18 Å². The summed E-state index contributed by atoms with van der Waals surface area (Å²) in [5.74, 6) is -0.0614. The molecule has 2 aromatic carbocycles. The molecule has 0 bridgehead atoms. The van der Waals surface area contributed by atoms with Crippen LogP contribution in [0, 0.1) is 12.7 Å². The lowest BCUT2D eigenvalue weighted by Gasteiger charge is -2.15. The smallest absolute Gasteiger partial charge is 0.276 e. The van der Waals surface area contributed by atoms with E-state index in [9.17, 15) is 9.18 Å². The summed E-state index contributed by atoms with van der Waals surface area (Å²) in [4.78, 5) is 14.7. The molecule has 0 radical (unpaired) electrons. The molecule has 0 aliphatic carbocycles. The molecule has 0 unspecified atom stereocenters. The van der Waals surface area contributed by atoms with Gasteiger partial charge in [-0.2, -0.15) is 0 Å². The van der Waals surface area contributed by atoms with Crippen molar-refractivity contribution in [1.29, 1.82) is 0 Å². The lowest BCUT2D eigenvalue weighted by molar-refractivity contribution is 0.0784. The number of hydrogen-bond acceptors (Lipinski definition) is 3. The van der Waals surface area contributed by atoms with E-state index in [-0.39, 0.29) is 11.7 Å². The van der Waals surface area contributed by atoms with Crippen LogP contribution in [0.3, 0.4) is 0 Å². The Balaban J connectivity index is 1.53. The molecule has 3 aromatic rings. The first-order chi connectivity index (χ1) is 12.6. The SMILES string of the molecule is Cc1c(C(=O)N2CC[C@H](c3ccccc3)C2)nnn1-c1ccc(F)cc1. The van der Waals surface area contributed by atoms with E-state index in [0.717, 1.165) is 6.42 Å². The summed E-state index contributed by atoms with van der Waals surface area (Å²) < 4.78 is 14.7. The highest BCUT2D eigenvalue weighted by Crippen LogP contribution is 2.28. The van der Waals surface area contributed by atoms with Crippen LogP contribution in [0.4, 0.5) is 4.39 Å². The Morgan fingerprint density at radius 1 is 1.12 bits per heavy atom. The van der Waals surface area contributed by atoms with Gasteiger partial charge in [-0.25, -0.2) is 9.07 Å². The molecule has 5 nitrogen and oxygen atoms in total. The van der Waals surface area contributed by atoms with Gasteiger partial charge in [0.05, 0.1) is 11.4 Å². The number of likely N-dealkylation sites (tertiary alicyclic amines) is 1. The molecule has 0 spiro atoms. The maximum absolute atomic E-state index is 13.1. The van der Waals surface area contributed by atoms with Gasteiger partial charge in [-0.3, -0.25) is 4.79 Å². The normalized spacial score (nSPS) is 16.8. The average Bonchev–Trinajstić information content (AvgIpc) is 3.30. The van der Waals surface area contributed by atoms with Gasteiger partial charge in [0.25, 0.3) is 5.91 Å². The first-order valence-electron chi connectivity index (χ1n) is 8.66. The fourth-order valence-electron chi connectivity index (χ4n) is 3.45. The second-order valence-corrected chi connectivity index (χ2v) is 6.56. The third-order valence-corrected chi connectivity index (χ3v) is 4.91. The topological polar surface area (TPSA) is 51.0 Å². The van der Waals surface area contributed by atoms with Gasteiger partial charge in [-0.05, 0) is 43.2 Å². The number of hydrogen-bond donors (Lipinski definition) is 0. The molecule has 1 atom stereocenters. The summed E-state index contributed by atoms with van der Waals surface area (Å²) in [5, 5.41) is 8.17. The number of amides is 1. The van der Waals surface area contributed by atoms with Crippen LogP contribution in [-0.4, -0.2) is 38.9 Å². The molecule has 26 heavy (non-hydrogen) atoms. The van der Waals surface area contributed by atoms with Gasteiger partial charge >= 0.3 is 0 Å². The van der Waals surface area contributed by atoms with E-state index >= 15 is 0 Å². The predicted molar refractivity (Wildman–Crippen MR) is 95.8 cm³/mol. The van der Waals surface area contributed by atoms with Crippen molar-refractivity contribution >= 4 is 5.91 Å². The molecule has 0 saturated carbocycles. The van der Waals surface area contributed by atoms with Gasteiger partial charge in [0, 0.05) is 19.0 Å². The number of halogens is 1. The van der Waals surface area contributed by atoms with E-state index in [1.165, 1.54) is 17.7 Å². The molecule has 4 rings (SSSR count). The molecular formula is C20H19FN4O. The van der Waals surface area contributed by atoms with Crippen molar-refractivity contribution in [2.75, 3.05) is 13.1 Å². The molecule has 1 aliphatic rings. The minimum Gasteiger partial charge on any atom is -0.337 e. The Morgan fingerprint density at radius 3 is 2.58 bits per heavy atom. The summed E-state index contributed by atoms with van der Waals surface area (Å²) in [6, 6.07) is 16.2. The maximum atomic E-state index is 13.1. The fraction of sp³-hybridized carbons (Fsp3) is 0.250. The van der Waals surface area contributed by atoms with Crippen LogP contribution in [0.15, 0.2) is 54.6 Å². The summed E-state index contributed by atoms with van der Waals surface area (Å²) in [6.45, 7) is 3.20.